The van der Waals surface area contributed by atoms with Gasteiger partial charge in [-0.1, -0.05) is 30.3 Å². The van der Waals surface area contributed by atoms with Crippen molar-refractivity contribution in [2.24, 2.45) is 0 Å². The minimum absolute atomic E-state index is 0.0710. The van der Waals surface area contributed by atoms with Crippen molar-refractivity contribution in [2.75, 3.05) is 26.7 Å². The maximum absolute atomic E-state index is 12.6. The smallest absolute Gasteiger partial charge is 0.246 e. The molecule has 1 saturated heterocycles. The van der Waals surface area contributed by atoms with Gasteiger partial charge >= 0.3 is 0 Å². The first-order valence-electron chi connectivity index (χ1n) is 6.83. The molecule has 1 aliphatic rings. The van der Waals surface area contributed by atoms with Crippen LogP contribution in [0.4, 0.5) is 0 Å². The first-order chi connectivity index (χ1) is 10.1. The lowest BCUT2D eigenvalue weighted by atomic mass is 10.0. The molecule has 0 amide bonds. The normalized spacial score (nSPS) is 21.5. The molecule has 2 aromatic rings. The number of benzene rings is 1. The molecule has 0 spiro atoms. The van der Waals surface area contributed by atoms with Crippen LogP contribution in [0, 0.1) is 0 Å². The number of likely N-dealkylation sites (N-methyl/N-ethyl adjacent to an activating group) is 1. The molecule has 1 atom stereocenters. The molecule has 21 heavy (non-hydrogen) atoms. The molecular formula is C14H18N4O2S. The molecule has 1 fully saturated rings. The molecule has 2 heterocycles. The van der Waals surface area contributed by atoms with Gasteiger partial charge in [0.25, 0.3) is 0 Å². The predicted molar refractivity (Wildman–Crippen MR) is 79.2 cm³/mol. The van der Waals surface area contributed by atoms with E-state index in [1.54, 1.807) is 0 Å². The van der Waals surface area contributed by atoms with Crippen molar-refractivity contribution >= 4 is 10.0 Å². The summed E-state index contributed by atoms with van der Waals surface area (Å²) in [5.74, 6) is 0. The average Bonchev–Trinajstić information content (AvgIpc) is 3.03. The van der Waals surface area contributed by atoms with Crippen LogP contribution in [0.2, 0.25) is 0 Å². The van der Waals surface area contributed by atoms with E-state index >= 15 is 0 Å². The molecule has 0 unspecified atom stereocenters. The highest BCUT2D eigenvalue weighted by molar-refractivity contribution is 7.89. The van der Waals surface area contributed by atoms with E-state index in [9.17, 15) is 8.42 Å². The van der Waals surface area contributed by atoms with Crippen LogP contribution in [0.15, 0.2) is 47.6 Å². The number of nitrogens with zero attached hydrogens (tertiary/aromatic N) is 3. The van der Waals surface area contributed by atoms with Crippen LogP contribution in [0.3, 0.4) is 0 Å². The van der Waals surface area contributed by atoms with Gasteiger partial charge in [-0.3, -0.25) is 10.00 Å². The molecule has 0 aliphatic carbocycles. The summed E-state index contributed by atoms with van der Waals surface area (Å²) in [6.45, 7) is 1.65. The van der Waals surface area contributed by atoms with E-state index in [0.717, 1.165) is 5.56 Å². The van der Waals surface area contributed by atoms with Crippen LogP contribution in [-0.2, 0) is 10.0 Å². The van der Waals surface area contributed by atoms with Crippen LogP contribution in [0.1, 0.15) is 11.6 Å². The Morgan fingerprint density at radius 2 is 2.00 bits per heavy atom. The summed E-state index contributed by atoms with van der Waals surface area (Å²) >= 11 is 0. The Morgan fingerprint density at radius 3 is 2.67 bits per heavy atom. The monoisotopic (exact) mass is 306 g/mol. The zero-order valence-corrected chi connectivity index (χ0v) is 12.6. The Bertz CT molecular complexity index is 685. The number of hydrogen-bond donors (Lipinski definition) is 1. The maximum atomic E-state index is 12.6. The third-order valence-corrected chi connectivity index (χ3v) is 5.74. The fraction of sp³-hybridized carbons (Fsp3) is 0.357. The van der Waals surface area contributed by atoms with E-state index < -0.39 is 10.0 Å². The van der Waals surface area contributed by atoms with E-state index in [-0.39, 0.29) is 10.9 Å². The van der Waals surface area contributed by atoms with Gasteiger partial charge in [-0.15, -0.1) is 0 Å². The lowest BCUT2D eigenvalue weighted by Crippen LogP contribution is -2.48. The molecule has 1 aliphatic heterocycles. The van der Waals surface area contributed by atoms with Gasteiger partial charge in [-0.05, 0) is 12.6 Å². The Balaban J connectivity index is 1.87. The van der Waals surface area contributed by atoms with Crippen molar-refractivity contribution in [2.45, 2.75) is 10.9 Å². The standard InChI is InChI=1S/C14H18N4O2S/c1-17-7-8-18(21(19,20)13-9-15-16-10-13)11-14(17)12-5-3-2-4-6-12/h2-6,9-10,14H,7-8,11H2,1H3,(H,15,16)/t14-/m1/s1. The molecule has 0 radical (unpaired) electrons. The number of H-pyrrole nitrogens is 1. The molecule has 3 rings (SSSR count). The first kappa shape index (κ1) is 14.2. The molecule has 1 aromatic heterocycles. The van der Waals surface area contributed by atoms with Crippen molar-refractivity contribution in [1.29, 1.82) is 0 Å². The number of piperazine rings is 1. The molecule has 112 valence electrons. The highest BCUT2D eigenvalue weighted by atomic mass is 32.2. The molecule has 1 N–H and O–H groups in total. The summed E-state index contributed by atoms with van der Waals surface area (Å²) in [6.07, 6.45) is 2.77. The third-order valence-electron chi connectivity index (χ3n) is 3.91. The van der Waals surface area contributed by atoms with Gasteiger partial charge in [0.1, 0.15) is 4.90 Å². The second-order valence-corrected chi connectivity index (χ2v) is 7.14. The summed E-state index contributed by atoms with van der Waals surface area (Å²) in [4.78, 5) is 2.41. The molecule has 0 bridgehead atoms. The van der Waals surface area contributed by atoms with Crippen molar-refractivity contribution < 1.29 is 8.42 Å². The van der Waals surface area contributed by atoms with E-state index in [2.05, 4.69) is 15.1 Å². The summed E-state index contributed by atoms with van der Waals surface area (Å²) in [5, 5.41) is 6.29. The lowest BCUT2D eigenvalue weighted by Gasteiger charge is -2.38. The topological polar surface area (TPSA) is 69.3 Å². The Morgan fingerprint density at radius 1 is 1.24 bits per heavy atom. The van der Waals surface area contributed by atoms with Crippen LogP contribution in [0.25, 0.3) is 0 Å². The van der Waals surface area contributed by atoms with E-state index in [0.29, 0.717) is 19.6 Å². The summed E-state index contributed by atoms with van der Waals surface area (Å²) < 4.78 is 26.7. The number of aromatic nitrogens is 2. The minimum atomic E-state index is -3.47. The van der Waals surface area contributed by atoms with Gasteiger partial charge in [0.15, 0.2) is 0 Å². The zero-order valence-electron chi connectivity index (χ0n) is 11.8. The van der Waals surface area contributed by atoms with Gasteiger partial charge < -0.3 is 0 Å². The number of nitrogens with one attached hydrogen (secondary N) is 1. The van der Waals surface area contributed by atoms with Gasteiger partial charge in [0.05, 0.1) is 6.20 Å². The van der Waals surface area contributed by atoms with Gasteiger partial charge in [0, 0.05) is 31.9 Å². The van der Waals surface area contributed by atoms with Crippen molar-refractivity contribution in [1.82, 2.24) is 19.4 Å². The summed E-state index contributed by atoms with van der Waals surface area (Å²) in [5.41, 5.74) is 1.13. The first-order valence-corrected chi connectivity index (χ1v) is 8.27. The Labute approximate surface area is 124 Å². The Hall–Kier alpha value is -1.70. The number of sulfonamides is 1. The summed E-state index contributed by atoms with van der Waals surface area (Å²) in [7, 11) is -1.44. The van der Waals surface area contributed by atoms with E-state index in [1.165, 1.54) is 16.7 Å². The van der Waals surface area contributed by atoms with Crippen molar-refractivity contribution in [3.8, 4) is 0 Å². The fourth-order valence-corrected chi connectivity index (χ4v) is 3.98. The zero-order chi connectivity index (χ0) is 14.9. The van der Waals surface area contributed by atoms with Crippen LogP contribution in [-0.4, -0.2) is 54.5 Å². The molecule has 1 aromatic carbocycles. The van der Waals surface area contributed by atoms with Gasteiger partial charge in [-0.2, -0.15) is 9.40 Å². The SMILES string of the molecule is CN1CCN(S(=O)(=O)c2cn[nH]c2)C[C@@H]1c1ccccc1. The van der Waals surface area contributed by atoms with Crippen LogP contribution in [0.5, 0.6) is 0 Å². The van der Waals surface area contributed by atoms with E-state index in [4.69, 9.17) is 0 Å². The highest BCUT2D eigenvalue weighted by Crippen LogP contribution is 2.27. The molecule has 0 saturated carbocycles. The van der Waals surface area contributed by atoms with Crippen molar-refractivity contribution in [3.05, 3.63) is 48.3 Å². The van der Waals surface area contributed by atoms with Gasteiger partial charge in [0.2, 0.25) is 10.0 Å². The predicted octanol–water partition coefficient (Wildman–Crippen LogP) is 1.09. The van der Waals surface area contributed by atoms with Gasteiger partial charge in [-0.25, -0.2) is 8.42 Å². The molecular weight excluding hydrogens is 288 g/mol. The average molecular weight is 306 g/mol. The lowest BCUT2D eigenvalue weighted by molar-refractivity contribution is 0.148. The quantitative estimate of drug-likeness (QED) is 0.921. The fourth-order valence-electron chi connectivity index (χ4n) is 2.63. The number of rotatable bonds is 3. The summed E-state index contributed by atoms with van der Waals surface area (Å²) in [6, 6.07) is 10.1. The van der Waals surface area contributed by atoms with Crippen LogP contribution < -0.4 is 0 Å². The van der Waals surface area contributed by atoms with Crippen molar-refractivity contribution in [3.63, 3.8) is 0 Å². The Kier molecular flexibility index (Phi) is 3.79. The highest BCUT2D eigenvalue weighted by Gasteiger charge is 2.33. The second kappa shape index (κ2) is 5.59. The largest absolute Gasteiger partial charge is 0.297 e. The minimum Gasteiger partial charge on any atom is -0.297 e. The molecule has 6 nitrogen and oxygen atoms in total. The maximum Gasteiger partial charge on any atom is 0.246 e. The third kappa shape index (κ3) is 2.72. The van der Waals surface area contributed by atoms with E-state index in [1.807, 2.05) is 37.4 Å². The second-order valence-electron chi connectivity index (χ2n) is 5.20. The number of aromatic amines is 1. The van der Waals surface area contributed by atoms with Crippen LogP contribution >= 0.6 is 0 Å². The molecule has 7 heteroatoms. The number of hydrogen-bond acceptors (Lipinski definition) is 4.